The number of hydrogen-bond donors (Lipinski definition) is 1. The SMILES string of the molecule is CC1(c2cccc(Cn3cc(-c4cc(-c5cccc(C#N)c5F)nc(N)n4)nn3)n2)CCC1.O=C=O. The Kier molecular flexibility index (Phi) is 6.90. The lowest BCUT2D eigenvalue weighted by Crippen LogP contribution is -2.31. The summed E-state index contributed by atoms with van der Waals surface area (Å²) in [5, 5.41) is 17.5. The van der Waals surface area contributed by atoms with Gasteiger partial charge in [0.25, 0.3) is 0 Å². The Morgan fingerprint density at radius 1 is 1.08 bits per heavy atom. The van der Waals surface area contributed by atoms with Gasteiger partial charge in [-0.3, -0.25) is 4.98 Å². The first-order chi connectivity index (χ1) is 17.4. The van der Waals surface area contributed by atoms with Crippen LogP contribution >= 0.6 is 0 Å². The van der Waals surface area contributed by atoms with Gasteiger partial charge in [0.15, 0.2) is 0 Å². The molecule has 1 saturated carbocycles. The van der Waals surface area contributed by atoms with Crippen molar-refractivity contribution in [1.82, 2.24) is 29.9 Å². The van der Waals surface area contributed by atoms with E-state index in [1.54, 1.807) is 29.1 Å². The summed E-state index contributed by atoms with van der Waals surface area (Å²) in [6.07, 6.45) is 5.55. The topological polar surface area (TPSA) is 153 Å². The number of nitrogens with zero attached hydrogens (tertiary/aromatic N) is 7. The molecule has 3 heterocycles. The van der Waals surface area contributed by atoms with Gasteiger partial charge in [-0.05, 0) is 43.2 Å². The number of anilines is 1. The molecule has 0 amide bonds. The van der Waals surface area contributed by atoms with Crippen LogP contribution in [0.15, 0.2) is 48.7 Å². The third-order valence-electron chi connectivity index (χ3n) is 6.15. The number of carbonyl (C=O) groups excluding carboxylic acids is 2. The predicted molar refractivity (Wildman–Crippen MR) is 125 cm³/mol. The van der Waals surface area contributed by atoms with Crippen LogP contribution in [0.1, 0.15) is 43.1 Å². The predicted octanol–water partition coefficient (Wildman–Crippen LogP) is 3.30. The lowest BCUT2D eigenvalue weighted by molar-refractivity contribution is -0.191. The van der Waals surface area contributed by atoms with Crippen molar-refractivity contribution in [3.8, 4) is 28.7 Å². The minimum Gasteiger partial charge on any atom is -0.368 e. The Hall–Kier alpha value is -4.81. The van der Waals surface area contributed by atoms with E-state index in [1.807, 2.05) is 18.2 Å². The highest BCUT2D eigenvalue weighted by atomic mass is 19.1. The summed E-state index contributed by atoms with van der Waals surface area (Å²) in [6.45, 7) is 2.71. The summed E-state index contributed by atoms with van der Waals surface area (Å²) >= 11 is 0. The molecule has 0 bridgehead atoms. The molecular formula is C25H21FN8O2. The van der Waals surface area contributed by atoms with Gasteiger partial charge in [-0.25, -0.2) is 19.0 Å². The van der Waals surface area contributed by atoms with Gasteiger partial charge in [0, 0.05) is 16.7 Å². The second-order valence-corrected chi connectivity index (χ2v) is 8.59. The van der Waals surface area contributed by atoms with Crippen molar-refractivity contribution in [2.75, 3.05) is 5.73 Å². The molecule has 0 radical (unpaired) electrons. The molecule has 2 N–H and O–H groups in total. The average molecular weight is 484 g/mol. The van der Waals surface area contributed by atoms with Crippen LogP contribution in [0, 0.1) is 17.1 Å². The summed E-state index contributed by atoms with van der Waals surface area (Å²) in [5.74, 6) is -0.680. The lowest BCUT2D eigenvalue weighted by Gasteiger charge is -2.37. The number of nitrogens with two attached hydrogens (primary N) is 1. The van der Waals surface area contributed by atoms with E-state index in [4.69, 9.17) is 25.6 Å². The van der Waals surface area contributed by atoms with E-state index in [-0.39, 0.29) is 34.3 Å². The average Bonchev–Trinajstić information content (AvgIpc) is 3.31. The molecule has 1 aromatic carbocycles. The van der Waals surface area contributed by atoms with E-state index in [9.17, 15) is 4.39 Å². The molecule has 0 spiro atoms. The van der Waals surface area contributed by atoms with Crippen LogP contribution in [0.5, 0.6) is 0 Å². The molecule has 1 fully saturated rings. The van der Waals surface area contributed by atoms with Gasteiger partial charge in [-0.1, -0.05) is 30.7 Å². The zero-order chi connectivity index (χ0) is 25.7. The molecule has 36 heavy (non-hydrogen) atoms. The number of nitriles is 1. The summed E-state index contributed by atoms with van der Waals surface area (Å²) in [4.78, 5) is 29.5. The molecule has 1 aliphatic carbocycles. The first kappa shape index (κ1) is 24.3. The standard InChI is InChI=1S/C24H21FN8.CO2/c1-24(9-4-10-24)21-8-3-6-16(28-21)13-33-14-20(31-32-33)19-11-18(29-23(27)30-19)17-7-2-5-15(12-26)22(17)25;2-1-3/h2-3,5-8,11,14H,4,9-10,13H2,1H3,(H2,27,29,30);. The first-order valence-electron chi connectivity index (χ1n) is 11.1. The van der Waals surface area contributed by atoms with Crippen molar-refractivity contribution in [1.29, 1.82) is 5.26 Å². The fourth-order valence-corrected chi connectivity index (χ4v) is 4.08. The van der Waals surface area contributed by atoms with Crippen LogP contribution in [-0.4, -0.2) is 36.1 Å². The molecule has 1 aliphatic rings. The molecular weight excluding hydrogens is 463 g/mol. The molecule has 180 valence electrons. The van der Waals surface area contributed by atoms with Gasteiger partial charge >= 0.3 is 6.15 Å². The molecule has 5 rings (SSSR count). The normalized spacial score (nSPS) is 13.5. The van der Waals surface area contributed by atoms with Crippen molar-refractivity contribution < 1.29 is 14.0 Å². The van der Waals surface area contributed by atoms with E-state index in [2.05, 4.69) is 33.3 Å². The van der Waals surface area contributed by atoms with Gasteiger partial charge < -0.3 is 5.73 Å². The molecule has 0 unspecified atom stereocenters. The number of nitrogen functional groups attached to an aromatic ring is 1. The van der Waals surface area contributed by atoms with Gasteiger partial charge in [0.2, 0.25) is 5.95 Å². The maximum Gasteiger partial charge on any atom is 0.373 e. The molecule has 11 heteroatoms. The third kappa shape index (κ3) is 4.99. The van der Waals surface area contributed by atoms with Crippen molar-refractivity contribution in [3.05, 3.63) is 71.4 Å². The van der Waals surface area contributed by atoms with Crippen molar-refractivity contribution >= 4 is 12.1 Å². The second-order valence-electron chi connectivity index (χ2n) is 8.59. The number of benzene rings is 1. The number of pyridine rings is 1. The van der Waals surface area contributed by atoms with Gasteiger partial charge in [0.05, 0.1) is 35.4 Å². The maximum absolute atomic E-state index is 14.7. The Morgan fingerprint density at radius 2 is 1.81 bits per heavy atom. The van der Waals surface area contributed by atoms with Crippen LogP contribution in [0.4, 0.5) is 10.3 Å². The third-order valence-corrected chi connectivity index (χ3v) is 6.15. The lowest BCUT2D eigenvalue weighted by atomic mass is 9.68. The number of hydrogen-bond acceptors (Lipinski definition) is 9. The quantitative estimate of drug-likeness (QED) is 0.449. The van der Waals surface area contributed by atoms with E-state index in [1.165, 1.54) is 12.5 Å². The monoisotopic (exact) mass is 484 g/mol. The Labute approximate surface area is 205 Å². The van der Waals surface area contributed by atoms with Crippen LogP contribution in [-0.2, 0) is 21.5 Å². The Morgan fingerprint density at radius 3 is 2.50 bits per heavy atom. The Bertz CT molecular complexity index is 1480. The van der Waals surface area contributed by atoms with E-state index in [0.29, 0.717) is 17.9 Å². The molecule has 10 nitrogen and oxygen atoms in total. The zero-order valence-corrected chi connectivity index (χ0v) is 19.3. The second kappa shape index (κ2) is 10.2. The van der Waals surface area contributed by atoms with E-state index < -0.39 is 5.82 Å². The Balaban J connectivity index is 0.000000967. The first-order valence-corrected chi connectivity index (χ1v) is 11.1. The zero-order valence-electron chi connectivity index (χ0n) is 19.3. The maximum atomic E-state index is 14.7. The largest absolute Gasteiger partial charge is 0.373 e. The molecule has 3 aromatic heterocycles. The fraction of sp³-hybridized carbons (Fsp3) is 0.240. The van der Waals surface area contributed by atoms with Crippen molar-refractivity contribution in [3.63, 3.8) is 0 Å². The molecule has 0 aliphatic heterocycles. The number of rotatable bonds is 5. The highest BCUT2D eigenvalue weighted by molar-refractivity contribution is 5.68. The minimum atomic E-state index is -0.654. The van der Waals surface area contributed by atoms with Crippen LogP contribution in [0.2, 0.25) is 0 Å². The van der Waals surface area contributed by atoms with Crippen LogP contribution in [0.3, 0.4) is 0 Å². The molecule has 0 saturated heterocycles. The summed E-state index contributed by atoms with van der Waals surface area (Å²) < 4.78 is 16.3. The van der Waals surface area contributed by atoms with Crippen LogP contribution in [0.25, 0.3) is 22.6 Å². The van der Waals surface area contributed by atoms with Crippen molar-refractivity contribution in [2.45, 2.75) is 38.1 Å². The van der Waals surface area contributed by atoms with Gasteiger partial charge in [0.1, 0.15) is 17.6 Å². The van der Waals surface area contributed by atoms with E-state index >= 15 is 0 Å². The van der Waals surface area contributed by atoms with Crippen LogP contribution < -0.4 is 5.73 Å². The smallest absolute Gasteiger partial charge is 0.368 e. The summed E-state index contributed by atoms with van der Waals surface area (Å²) in [5.41, 5.74) is 9.32. The fourth-order valence-electron chi connectivity index (χ4n) is 4.08. The van der Waals surface area contributed by atoms with Gasteiger partial charge in [-0.15, -0.1) is 5.10 Å². The molecule has 4 aromatic rings. The van der Waals surface area contributed by atoms with E-state index in [0.717, 1.165) is 24.2 Å². The minimum absolute atomic E-state index is 0.0260. The summed E-state index contributed by atoms with van der Waals surface area (Å²) in [7, 11) is 0. The molecule has 0 atom stereocenters. The van der Waals surface area contributed by atoms with Gasteiger partial charge in [-0.2, -0.15) is 14.9 Å². The highest BCUT2D eigenvalue weighted by Crippen LogP contribution is 2.42. The summed E-state index contributed by atoms with van der Waals surface area (Å²) in [6, 6.07) is 14.0. The number of halogens is 1. The number of aromatic nitrogens is 6. The highest BCUT2D eigenvalue weighted by Gasteiger charge is 2.34. The van der Waals surface area contributed by atoms with Crippen molar-refractivity contribution in [2.24, 2.45) is 0 Å².